The number of halogens is 1. The van der Waals surface area contributed by atoms with E-state index in [9.17, 15) is 4.79 Å². The largest absolute Gasteiger partial charge is 0.378 e. The smallest absolute Gasteiger partial charge is 0.187 e. The molecule has 2 unspecified atom stereocenters. The Balaban J connectivity index is 2.27. The van der Waals surface area contributed by atoms with Gasteiger partial charge in [0, 0.05) is 12.0 Å². The fourth-order valence-corrected chi connectivity index (χ4v) is 2.38. The van der Waals surface area contributed by atoms with Crippen LogP contribution < -0.4 is 0 Å². The van der Waals surface area contributed by atoms with E-state index < -0.39 is 0 Å². The van der Waals surface area contributed by atoms with E-state index in [1.807, 2.05) is 20.8 Å². The first kappa shape index (κ1) is 12.6. The van der Waals surface area contributed by atoms with Crippen LogP contribution in [0.2, 0.25) is 5.02 Å². The molecule has 17 heavy (non-hydrogen) atoms. The van der Waals surface area contributed by atoms with Crippen molar-refractivity contribution in [2.45, 2.75) is 39.3 Å². The van der Waals surface area contributed by atoms with Crippen molar-refractivity contribution >= 4 is 17.4 Å². The molecule has 5 heteroatoms. The Morgan fingerprint density at radius 3 is 2.88 bits per heavy atom. The van der Waals surface area contributed by atoms with Gasteiger partial charge in [0.15, 0.2) is 5.78 Å². The lowest BCUT2D eigenvalue weighted by atomic mass is 9.98. The number of carbonyl (C=O) groups excluding carboxylic acids is 1. The highest BCUT2D eigenvalue weighted by molar-refractivity contribution is 6.33. The first-order chi connectivity index (χ1) is 8.00. The molecule has 1 fully saturated rings. The zero-order valence-corrected chi connectivity index (χ0v) is 11.1. The second-order valence-electron chi connectivity index (χ2n) is 4.82. The molecule has 1 aromatic rings. The van der Waals surface area contributed by atoms with Gasteiger partial charge in [-0.15, -0.1) is 0 Å². The Bertz CT molecular complexity index is 428. The molecule has 2 heterocycles. The van der Waals surface area contributed by atoms with Gasteiger partial charge in [-0.2, -0.15) is 5.10 Å². The minimum absolute atomic E-state index is 0.0468. The molecule has 4 nitrogen and oxygen atoms in total. The van der Waals surface area contributed by atoms with Gasteiger partial charge in [0.1, 0.15) is 5.69 Å². The summed E-state index contributed by atoms with van der Waals surface area (Å²) < 4.78 is 7.12. The van der Waals surface area contributed by atoms with Gasteiger partial charge >= 0.3 is 0 Å². The minimum Gasteiger partial charge on any atom is -0.378 e. The van der Waals surface area contributed by atoms with E-state index >= 15 is 0 Å². The number of aromatic nitrogens is 2. The van der Waals surface area contributed by atoms with E-state index in [0.29, 0.717) is 17.3 Å². The Hall–Kier alpha value is -0.870. The minimum atomic E-state index is -0.0864. The second kappa shape index (κ2) is 4.78. The molecule has 1 aliphatic heterocycles. The van der Waals surface area contributed by atoms with E-state index in [4.69, 9.17) is 16.3 Å². The van der Waals surface area contributed by atoms with Crippen LogP contribution in [0.25, 0.3) is 0 Å². The average molecular weight is 257 g/mol. The molecule has 0 bridgehead atoms. The molecule has 1 aliphatic rings. The number of hydrogen-bond acceptors (Lipinski definition) is 3. The summed E-state index contributed by atoms with van der Waals surface area (Å²) in [6, 6.07) is 0.126. The van der Waals surface area contributed by atoms with Crippen molar-refractivity contribution in [2.24, 2.45) is 5.92 Å². The lowest BCUT2D eigenvalue weighted by Crippen LogP contribution is -2.21. The fraction of sp³-hybridized carbons (Fsp3) is 0.667. The number of ketones is 1. The summed E-state index contributed by atoms with van der Waals surface area (Å²) in [5, 5.41) is 4.58. The SMILES string of the molecule is CC1CC(C(=O)c2c(Cl)cnn2C(C)C)CO1. The molecule has 0 aliphatic carbocycles. The maximum absolute atomic E-state index is 12.4. The van der Waals surface area contributed by atoms with Gasteiger partial charge in [-0.1, -0.05) is 11.6 Å². The van der Waals surface area contributed by atoms with Crippen molar-refractivity contribution in [1.82, 2.24) is 9.78 Å². The van der Waals surface area contributed by atoms with Crippen LogP contribution in [0.5, 0.6) is 0 Å². The predicted molar refractivity (Wildman–Crippen MR) is 65.5 cm³/mol. The van der Waals surface area contributed by atoms with Crippen LogP contribution in [0.15, 0.2) is 6.20 Å². The molecule has 0 spiro atoms. The van der Waals surface area contributed by atoms with Crippen molar-refractivity contribution in [2.75, 3.05) is 6.61 Å². The van der Waals surface area contributed by atoms with Gasteiger partial charge in [-0.05, 0) is 27.2 Å². The highest BCUT2D eigenvalue weighted by Gasteiger charge is 2.32. The van der Waals surface area contributed by atoms with E-state index in [0.717, 1.165) is 6.42 Å². The molecule has 1 saturated heterocycles. The molecule has 1 aromatic heterocycles. The quantitative estimate of drug-likeness (QED) is 0.781. The number of ether oxygens (including phenoxy) is 1. The summed E-state index contributed by atoms with van der Waals surface area (Å²) in [6.45, 7) is 6.43. The average Bonchev–Trinajstić information content (AvgIpc) is 2.83. The van der Waals surface area contributed by atoms with Crippen LogP contribution in [0.3, 0.4) is 0 Å². The molecule has 2 atom stereocenters. The van der Waals surface area contributed by atoms with Crippen LogP contribution >= 0.6 is 11.6 Å². The van der Waals surface area contributed by atoms with Crippen molar-refractivity contribution < 1.29 is 9.53 Å². The first-order valence-corrected chi connectivity index (χ1v) is 6.27. The van der Waals surface area contributed by atoms with Crippen molar-refractivity contribution in [3.8, 4) is 0 Å². The van der Waals surface area contributed by atoms with Crippen LogP contribution in [0.1, 0.15) is 43.7 Å². The normalized spacial score (nSPS) is 24.5. The second-order valence-corrected chi connectivity index (χ2v) is 5.23. The summed E-state index contributed by atoms with van der Waals surface area (Å²) in [5.74, 6) is -0.0396. The van der Waals surface area contributed by atoms with Gasteiger partial charge in [-0.3, -0.25) is 9.48 Å². The van der Waals surface area contributed by atoms with Crippen molar-refractivity contribution in [1.29, 1.82) is 0 Å². The summed E-state index contributed by atoms with van der Waals surface area (Å²) in [7, 11) is 0. The van der Waals surface area contributed by atoms with E-state index in [1.54, 1.807) is 4.68 Å². The maximum atomic E-state index is 12.4. The summed E-state index contributed by atoms with van der Waals surface area (Å²) in [4.78, 5) is 12.4. The number of carbonyl (C=O) groups is 1. The van der Waals surface area contributed by atoms with Crippen LogP contribution in [-0.4, -0.2) is 28.3 Å². The standard InChI is InChI=1S/C12H17ClN2O2/c1-7(2)15-11(10(13)5-14-15)12(16)9-4-8(3)17-6-9/h5,7-9H,4,6H2,1-3H3. The zero-order chi connectivity index (χ0) is 12.6. The number of rotatable bonds is 3. The summed E-state index contributed by atoms with van der Waals surface area (Å²) >= 11 is 6.05. The number of Topliss-reactive ketones (excluding diaryl/α,β-unsaturated/α-hetero) is 1. The first-order valence-electron chi connectivity index (χ1n) is 5.89. The molecule has 0 radical (unpaired) electrons. The Labute approximate surface area is 106 Å². The van der Waals surface area contributed by atoms with Crippen molar-refractivity contribution in [3.63, 3.8) is 0 Å². The third-order valence-corrected chi connectivity index (χ3v) is 3.32. The lowest BCUT2D eigenvalue weighted by molar-refractivity contribution is 0.0866. The van der Waals surface area contributed by atoms with E-state index in [1.165, 1.54) is 6.20 Å². The Kier molecular flexibility index (Phi) is 3.54. The van der Waals surface area contributed by atoms with Gasteiger partial charge in [-0.25, -0.2) is 0 Å². The van der Waals surface area contributed by atoms with Crippen LogP contribution in [-0.2, 0) is 4.74 Å². The molecule has 2 rings (SSSR count). The van der Waals surface area contributed by atoms with E-state index in [-0.39, 0.29) is 23.8 Å². The Morgan fingerprint density at radius 2 is 2.35 bits per heavy atom. The highest BCUT2D eigenvalue weighted by atomic mass is 35.5. The maximum Gasteiger partial charge on any atom is 0.187 e. The summed E-state index contributed by atoms with van der Waals surface area (Å²) in [5.41, 5.74) is 0.518. The summed E-state index contributed by atoms with van der Waals surface area (Å²) in [6.07, 6.45) is 2.45. The van der Waals surface area contributed by atoms with Gasteiger partial charge in [0.05, 0.1) is 23.9 Å². The number of hydrogen-bond donors (Lipinski definition) is 0. The molecular formula is C12H17ClN2O2. The third kappa shape index (κ3) is 2.38. The van der Waals surface area contributed by atoms with Gasteiger partial charge in [0.2, 0.25) is 0 Å². The Morgan fingerprint density at radius 1 is 1.65 bits per heavy atom. The third-order valence-electron chi connectivity index (χ3n) is 3.04. The number of nitrogens with zero attached hydrogens (tertiary/aromatic N) is 2. The molecule has 0 amide bonds. The molecule has 0 aromatic carbocycles. The van der Waals surface area contributed by atoms with Crippen LogP contribution in [0.4, 0.5) is 0 Å². The highest BCUT2D eigenvalue weighted by Crippen LogP contribution is 2.27. The zero-order valence-electron chi connectivity index (χ0n) is 10.3. The van der Waals surface area contributed by atoms with Crippen LogP contribution in [0, 0.1) is 5.92 Å². The fourth-order valence-electron chi connectivity index (χ4n) is 2.16. The lowest BCUT2D eigenvalue weighted by Gasteiger charge is -2.13. The van der Waals surface area contributed by atoms with Gasteiger partial charge < -0.3 is 4.74 Å². The monoisotopic (exact) mass is 256 g/mol. The topological polar surface area (TPSA) is 44.1 Å². The predicted octanol–water partition coefficient (Wildman–Crippen LogP) is 2.73. The molecule has 94 valence electrons. The van der Waals surface area contributed by atoms with Gasteiger partial charge in [0.25, 0.3) is 0 Å². The van der Waals surface area contributed by atoms with Crippen molar-refractivity contribution in [3.05, 3.63) is 16.9 Å². The van der Waals surface area contributed by atoms with E-state index in [2.05, 4.69) is 5.10 Å². The molecular weight excluding hydrogens is 240 g/mol. The molecule has 0 N–H and O–H groups in total. The molecule has 0 saturated carbocycles.